The Hall–Kier alpha value is -9.34. The first-order valence-corrected chi connectivity index (χ1v) is 24.0. The second-order valence-electron chi connectivity index (χ2n) is 17.7. The number of H-pyrrole nitrogens is 1. The first-order chi connectivity index (χ1) is 35.6. The minimum absolute atomic E-state index is 0.490. The maximum Gasteiger partial charge on any atom is 0.488 e. The standard InChI is InChI=1S/C34H23N3.C18H14BNO2.C12H9N/c1-3-11-24(12-4-1)30-23-31(25-13-5-2-6-14-25)36-34(35-30)26-19-21-27(22-20-26)37-32-17-9-7-15-28(32)29-16-8-10-18-33(29)37;21-19(22)13-9-11-14(12-10-13)20-17-7-3-1-5-15(17)16-6-2-4-8-18(16)20;1-3-7-11-9(5-1)10-6-2-4-8-12(10)13-11/h1-23H;1-12,21-22H;1-8,13H. The van der Waals surface area contributed by atoms with Gasteiger partial charge in [-0.1, -0.05) is 182 Å². The predicted octanol–water partition coefficient (Wildman–Crippen LogP) is 14.4. The van der Waals surface area contributed by atoms with Gasteiger partial charge in [-0.15, -0.1) is 0 Å². The summed E-state index contributed by atoms with van der Waals surface area (Å²) in [6, 6.07) is 89.0. The molecular weight excluding hydrogens is 882 g/mol. The number of aromatic nitrogens is 5. The fraction of sp³-hybridized carbons (Fsp3) is 0. The quantitative estimate of drug-likeness (QED) is 0.145. The van der Waals surface area contributed by atoms with Crippen molar-refractivity contribution in [2.45, 2.75) is 0 Å². The fourth-order valence-corrected chi connectivity index (χ4v) is 9.85. The van der Waals surface area contributed by atoms with E-state index in [1.165, 1.54) is 54.4 Å². The molecule has 0 radical (unpaired) electrons. The SMILES string of the molecule is OB(O)c1ccc(-n2c3ccccc3c3ccccc32)cc1.c1ccc(-c2cc(-c3ccccc3)nc(-c3ccc(-n4c5ccccc5c5ccccc54)cc3)n2)cc1.c1ccc2c(c1)[nH]c1ccccc12. The molecule has 0 amide bonds. The van der Waals surface area contributed by atoms with E-state index in [9.17, 15) is 10.0 Å². The van der Waals surface area contributed by atoms with Crippen molar-refractivity contribution in [3.05, 3.63) is 261 Å². The Kier molecular flexibility index (Phi) is 11.7. The topological polar surface area (TPSA) is 91.9 Å². The molecule has 0 fully saturated rings. The van der Waals surface area contributed by atoms with Crippen LogP contribution in [0.3, 0.4) is 0 Å². The average molecular weight is 928 g/mol. The number of nitrogens with one attached hydrogen (secondary N) is 1. The van der Waals surface area contributed by atoms with E-state index in [2.05, 4.69) is 190 Å². The minimum atomic E-state index is -1.44. The molecule has 0 aliphatic rings. The second kappa shape index (κ2) is 19.2. The van der Waals surface area contributed by atoms with Gasteiger partial charge in [-0.3, -0.25) is 0 Å². The summed E-state index contributed by atoms with van der Waals surface area (Å²) >= 11 is 0. The Morgan fingerprint density at radius 3 is 1.04 bits per heavy atom. The number of aromatic amines is 1. The molecule has 0 spiro atoms. The van der Waals surface area contributed by atoms with Crippen LogP contribution in [0.4, 0.5) is 0 Å². The van der Waals surface area contributed by atoms with Gasteiger partial charge in [0.05, 0.1) is 33.5 Å². The first-order valence-electron chi connectivity index (χ1n) is 24.0. The largest absolute Gasteiger partial charge is 0.488 e. The van der Waals surface area contributed by atoms with Crippen LogP contribution < -0.4 is 5.46 Å². The average Bonchev–Trinajstić information content (AvgIpc) is 4.12. The number of fused-ring (bicyclic) bond motifs is 9. The molecule has 14 aromatic rings. The lowest BCUT2D eigenvalue weighted by Gasteiger charge is -2.11. The number of para-hydroxylation sites is 6. The molecule has 0 aliphatic heterocycles. The number of hydrogen-bond donors (Lipinski definition) is 3. The lowest BCUT2D eigenvalue weighted by atomic mass is 9.80. The van der Waals surface area contributed by atoms with Crippen LogP contribution in [-0.2, 0) is 0 Å². The van der Waals surface area contributed by atoms with E-state index < -0.39 is 7.12 Å². The van der Waals surface area contributed by atoms with E-state index in [0.29, 0.717) is 11.3 Å². The number of rotatable bonds is 6. The molecule has 342 valence electrons. The van der Waals surface area contributed by atoms with Crippen LogP contribution in [0.1, 0.15) is 0 Å². The fourth-order valence-electron chi connectivity index (χ4n) is 9.85. The Labute approximate surface area is 416 Å². The van der Waals surface area contributed by atoms with Gasteiger partial charge in [-0.2, -0.15) is 0 Å². The van der Waals surface area contributed by atoms with Crippen molar-refractivity contribution in [1.29, 1.82) is 0 Å². The summed E-state index contributed by atoms with van der Waals surface area (Å²) in [5, 5.41) is 26.0. The molecule has 14 rings (SSSR count). The highest BCUT2D eigenvalue weighted by molar-refractivity contribution is 6.58. The van der Waals surface area contributed by atoms with Crippen molar-refractivity contribution in [1.82, 2.24) is 24.1 Å². The molecule has 0 atom stereocenters. The van der Waals surface area contributed by atoms with Gasteiger partial charge in [0, 0.05) is 71.4 Å². The molecule has 4 heterocycles. The first kappa shape index (κ1) is 43.9. The highest BCUT2D eigenvalue weighted by Crippen LogP contribution is 2.34. The van der Waals surface area contributed by atoms with Crippen LogP contribution >= 0.6 is 0 Å². The third-order valence-electron chi connectivity index (χ3n) is 13.3. The van der Waals surface area contributed by atoms with Gasteiger partial charge in [0.25, 0.3) is 0 Å². The summed E-state index contributed by atoms with van der Waals surface area (Å²) in [6.07, 6.45) is 0. The van der Waals surface area contributed by atoms with Crippen LogP contribution in [-0.4, -0.2) is 41.3 Å². The van der Waals surface area contributed by atoms with E-state index in [0.717, 1.165) is 50.5 Å². The minimum Gasteiger partial charge on any atom is -0.423 e. The molecule has 0 unspecified atom stereocenters. The second-order valence-corrected chi connectivity index (χ2v) is 17.7. The van der Waals surface area contributed by atoms with Crippen LogP contribution in [0.5, 0.6) is 0 Å². The number of hydrogen-bond acceptors (Lipinski definition) is 4. The van der Waals surface area contributed by atoms with E-state index in [1.807, 2.05) is 72.8 Å². The monoisotopic (exact) mass is 927 g/mol. The lowest BCUT2D eigenvalue weighted by molar-refractivity contribution is 0.426. The van der Waals surface area contributed by atoms with Crippen molar-refractivity contribution in [3.63, 3.8) is 0 Å². The molecule has 0 saturated heterocycles. The van der Waals surface area contributed by atoms with Crippen molar-refractivity contribution in [2.75, 3.05) is 0 Å². The van der Waals surface area contributed by atoms with Gasteiger partial charge in [-0.25, -0.2) is 9.97 Å². The van der Waals surface area contributed by atoms with Gasteiger partial charge in [0.15, 0.2) is 5.82 Å². The molecule has 0 bridgehead atoms. The van der Waals surface area contributed by atoms with E-state index in [1.54, 1.807) is 12.1 Å². The Morgan fingerprint density at radius 1 is 0.319 bits per heavy atom. The van der Waals surface area contributed by atoms with E-state index in [-0.39, 0.29) is 0 Å². The zero-order chi connectivity index (χ0) is 48.4. The summed E-state index contributed by atoms with van der Waals surface area (Å²) in [6.45, 7) is 0. The van der Waals surface area contributed by atoms with Gasteiger partial charge >= 0.3 is 7.12 Å². The zero-order valence-corrected chi connectivity index (χ0v) is 39.1. The highest BCUT2D eigenvalue weighted by Gasteiger charge is 2.16. The Balaban J connectivity index is 0.000000127. The van der Waals surface area contributed by atoms with Gasteiger partial charge in [0.2, 0.25) is 0 Å². The Morgan fingerprint density at radius 2 is 0.653 bits per heavy atom. The molecule has 8 heteroatoms. The molecule has 0 aliphatic carbocycles. The van der Waals surface area contributed by atoms with Crippen molar-refractivity contribution in [2.24, 2.45) is 0 Å². The molecule has 72 heavy (non-hydrogen) atoms. The molecule has 3 N–H and O–H groups in total. The van der Waals surface area contributed by atoms with Crippen LogP contribution in [0.15, 0.2) is 261 Å². The maximum absolute atomic E-state index is 9.24. The van der Waals surface area contributed by atoms with Crippen molar-refractivity contribution >= 4 is 78.0 Å². The van der Waals surface area contributed by atoms with Crippen LogP contribution in [0, 0.1) is 0 Å². The van der Waals surface area contributed by atoms with Gasteiger partial charge in [0.1, 0.15) is 0 Å². The third-order valence-corrected chi connectivity index (χ3v) is 13.3. The lowest BCUT2D eigenvalue weighted by Crippen LogP contribution is -2.29. The summed E-state index contributed by atoms with van der Waals surface area (Å²) in [7, 11) is -1.44. The molecular formula is C64H46BN5O2. The van der Waals surface area contributed by atoms with E-state index >= 15 is 0 Å². The molecule has 7 nitrogen and oxygen atoms in total. The van der Waals surface area contributed by atoms with Gasteiger partial charge < -0.3 is 24.2 Å². The maximum atomic E-state index is 9.24. The highest BCUT2D eigenvalue weighted by atomic mass is 16.4. The smallest absolute Gasteiger partial charge is 0.423 e. The number of benzene rings is 10. The molecule has 0 saturated carbocycles. The molecule has 10 aromatic carbocycles. The van der Waals surface area contributed by atoms with E-state index in [4.69, 9.17) is 9.97 Å². The number of nitrogens with zero attached hydrogens (tertiary/aromatic N) is 4. The third kappa shape index (κ3) is 8.37. The normalized spacial score (nSPS) is 11.2. The summed E-state index contributed by atoms with van der Waals surface area (Å²) in [5.74, 6) is 0.717. The predicted molar refractivity (Wildman–Crippen MR) is 299 cm³/mol. The van der Waals surface area contributed by atoms with Crippen molar-refractivity contribution in [3.8, 4) is 45.3 Å². The summed E-state index contributed by atoms with van der Waals surface area (Å²) < 4.78 is 4.52. The zero-order valence-electron chi connectivity index (χ0n) is 39.1. The summed E-state index contributed by atoms with van der Waals surface area (Å²) in [5.41, 5.74) is 14.7. The Bertz CT molecular complexity index is 3970. The van der Waals surface area contributed by atoms with Crippen molar-refractivity contribution < 1.29 is 10.0 Å². The van der Waals surface area contributed by atoms with Crippen LogP contribution in [0.25, 0.3) is 111 Å². The molecule has 4 aromatic heterocycles. The van der Waals surface area contributed by atoms with Crippen LogP contribution in [0.2, 0.25) is 0 Å². The summed E-state index contributed by atoms with van der Waals surface area (Å²) in [4.78, 5) is 13.3. The van der Waals surface area contributed by atoms with Gasteiger partial charge in [-0.05, 0) is 84.3 Å².